The lowest BCUT2D eigenvalue weighted by atomic mass is 10.2. The van der Waals surface area contributed by atoms with Gasteiger partial charge in [-0.1, -0.05) is 30.4 Å². The van der Waals surface area contributed by atoms with Gasteiger partial charge in [-0.15, -0.1) is 0 Å². The molecule has 2 N–H and O–H groups in total. The van der Waals surface area contributed by atoms with Crippen LogP contribution >= 0.6 is 12.2 Å². The highest BCUT2D eigenvalue weighted by Gasteiger charge is 2.12. The van der Waals surface area contributed by atoms with Crippen molar-refractivity contribution in [2.45, 2.75) is 6.42 Å². The number of para-hydroxylation sites is 1. The normalized spacial score (nSPS) is 10.2. The molecule has 4 nitrogen and oxygen atoms in total. The first-order valence-electron chi connectivity index (χ1n) is 5.75. The topological polar surface area (TPSA) is 55.0 Å². The van der Waals surface area contributed by atoms with Crippen LogP contribution in [-0.2, 0) is 0 Å². The van der Waals surface area contributed by atoms with E-state index in [-0.39, 0.29) is 0 Å². The minimum absolute atomic E-state index is 0.419. The number of rotatable bonds is 5. The average Bonchev–Trinajstić information content (AvgIpc) is 2.42. The van der Waals surface area contributed by atoms with Crippen LogP contribution in [0.5, 0.6) is 0 Å². The van der Waals surface area contributed by atoms with Gasteiger partial charge < -0.3 is 10.6 Å². The van der Waals surface area contributed by atoms with E-state index in [2.05, 4.69) is 9.97 Å². The average molecular weight is 276 g/mol. The quantitative estimate of drug-likeness (QED) is 0.850. The Morgan fingerprint density at radius 3 is 2.42 bits per heavy atom. The molecule has 19 heavy (non-hydrogen) atoms. The summed E-state index contributed by atoms with van der Waals surface area (Å²) in [5.74, 6) is -0.0463. The van der Waals surface area contributed by atoms with Crippen LogP contribution in [0.15, 0.2) is 42.7 Å². The summed E-state index contributed by atoms with van der Waals surface area (Å²) in [6.45, 7) is 0.547. The summed E-state index contributed by atoms with van der Waals surface area (Å²) < 4.78 is 12.9. The zero-order chi connectivity index (χ0) is 13.7. The molecule has 2 rings (SSSR count). The second-order valence-electron chi connectivity index (χ2n) is 3.90. The third kappa shape index (κ3) is 3.69. The van der Waals surface area contributed by atoms with Crippen LogP contribution in [0, 0.1) is 5.82 Å². The third-order valence-electron chi connectivity index (χ3n) is 2.50. The summed E-state index contributed by atoms with van der Waals surface area (Å²) in [7, 11) is 0. The van der Waals surface area contributed by atoms with Crippen molar-refractivity contribution < 1.29 is 4.39 Å². The minimum Gasteiger partial charge on any atom is -0.393 e. The zero-order valence-electron chi connectivity index (χ0n) is 10.2. The standard InChI is InChI=1S/C13H13FN4S/c14-10-8-16-13(17-9-10)18(7-6-12(15)19)11-4-2-1-3-5-11/h1-5,8-9H,6-7H2,(H2,15,19). The summed E-state index contributed by atoms with van der Waals surface area (Å²) in [4.78, 5) is 10.2. The maximum absolute atomic E-state index is 12.9. The first-order chi connectivity index (χ1) is 9.16. The van der Waals surface area contributed by atoms with Crippen molar-refractivity contribution in [2.75, 3.05) is 11.4 Å². The van der Waals surface area contributed by atoms with Gasteiger partial charge in [-0.25, -0.2) is 14.4 Å². The fourth-order valence-electron chi connectivity index (χ4n) is 1.62. The monoisotopic (exact) mass is 276 g/mol. The number of thiocarbonyl (C=S) groups is 1. The molecule has 0 aliphatic heterocycles. The van der Waals surface area contributed by atoms with E-state index in [9.17, 15) is 4.39 Å². The Morgan fingerprint density at radius 1 is 1.21 bits per heavy atom. The molecule has 0 bridgehead atoms. The molecule has 0 saturated heterocycles. The van der Waals surface area contributed by atoms with Gasteiger partial charge in [-0.05, 0) is 12.1 Å². The molecule has 0 fully saturated rings. The highest BCUT2D eigenvalue weighted by Crippen LogP contribution is 2.21. The number of anilines is 2. The highest BCUT2D eigenvalue weighted by atomic mass is 32.1. The largest absolute Gasteiger partial charge is 0.393 e. The van der Waals surface area contributed by atoms with Gasteiger partial charge in [0.05, 0.1) is 17.4 Å². The van der Waals surface area contributed by atoms with E-state index < -0.39 is 5.82 Å². The van der Waals surface area contributed by atoms with E-state index in [1.165, 1.54) is 0 Å². The van der Waals surface area contributed by atoms with Crippen molar-refractivity contribution >= 4 is 28.8 Å². The minimum atomic E-state index is -0.467. The van der Waals surface area contributed by atoms with Gasteiger partial charge in [0.25, 0.3) is 0 Å². The number of nitrogens with zero attached hydrogens (tertiary/aromatic N) is 3. The van der Waals surface area contributed by atoms with E-state index >= 15 is 0 Å². The maximum atomic E-state index is 12.9. The number of halogens is 1. The van der Waals surface area contributed by atoms with Crippen molar-refractivity contribution in [1.82, 2.24) is 9.97 Å². The predicted octanol–water partition coefficient (Wildman–Crippen LogP) is 2.43. The lowest BCUT2D eigenvalue weighted by molar-refractivity contribution is 0.613. The summed E-state index contributed by atoms with van der Waals surface area (Å²) in [5.41, 5.74) is 6.43. The van der Waals surface area contributed by atoms with Gasteiger partial charge in [0.2, 0.25) is 5.95 Å². The molecule has 0 radical (unpaired) electrons. The summed E-state index contributed by atoms with van der Waals surface area (Å²) in [5, 5.41) is 0. The molecule has 0 unspecified atom stereocenters. The van der Waals surface area contributed by atoms with Gasteiger partial charge in [0, 0.05) is 18.7 Å². The lowest BCUT2D eigenvalue weighted by Gasteiger charge is -2.22. The number of nitrogens with two attached hydrogens (primary N) is 1. The first kappa shape index (κ1) is 13.4. The van der Waals surface area contributed by atoms with Gasteiger partial charge >= 0.3 is 0 Å². The number of hydrogen-bond acceptors (Lipinski definition) is 4. The van der Waals surface area contributed by atoms with E-state index in [1.807, 2.05) is 35.2 Å². The van der Waals surface area contributed by atoms with Crippen LogP contribution in [0.2, 0.25) is 0 Å². The van der Waals surface area contributed by atoms with Crippen LogP contribution < -0.4 is 10.6 Å². The Hall–Kier alpha value is -2.08. The molecule has 1 heterocycles. The summed E-state index contributed by atoms with van der Waals surface area (Å²) >= 11 is 4.88. The molecule has 1 aromatic heterocycles. The smallest absolute Gasteiger partial charge is 0.230 e. The molecule has 0 aliphatic carbocycles. The molecule has 0 spiro atoms. The lowest BCUT2D eigenvalue weighted by Crippen LogP contribution is -2.24. The Labute approximate surface area is 116 Å². The van der Waals surface area contributed by atoms with Crippen LogP contribution in [0.25, 0.3) is 0 Å². The number of hydrogen-bond donors (Lipinski definition) is 1. The molecular formula is C13H13FN4S. The second kappa shape index (κ2) is 6.19. The molecule has 0 aliphatic rings. The Morgan fingerprint density at radius 2 is 1.84 bits per heavy atom. The van der Waals surface area contributed by atoms with Crippen molar-refractivity contribution in [3.05, 3.63) is 48.5 Å². The summed E-state index contributed by atoms with van der Waals surface area (Å²) in [6, 6.07) is 9.58. The molecule has 0 saturated carbocycles. The number of aromatic nitrogens is 2. The van der Waals surface area contributed by atoms with Crippen LogP contribution in [0.1, 0.15) is 6.42 Å². The Bertz CT molecular complexity index is 544. The van der Waals surface area contributed by atoms with Crippen molar-refractivity contribution in [1.29, 1.82) is 0 Å². The Kier molecular flexibility index (Phi) is 4.35. The van der Waals surface area contributed by atoms with E-state index in [0.29, 0.717) is 23.9 Å². The van der Waals surface area contributed by atoms with Gasteiger partial charge in [-0.2, -0.15) is 0 Å². The number of benzene rings is 1. The van der Waals surface area contributed by atoms with Crippen LogP contribution in [-0.4, -0.2) is 21.5 Å². The molecule has 0 amide bonds. The molecule has 0 atom stereocenters. The molecule has 6 heteroatoms. The molecule has 2 aromatic rings. The van der Waals surface area contributed by atoms with Crippen molar-refractivity contribution in [3.63, 3.8) is 0 Å². The maximum Gasteiger partial charge on any atom is 0.230 e. The molecular weight excluding hydrogens is 263 g/mol. The predicted molar refractivity (Wildman–Crippen MR) is 76.8 cm³/mol. The van der Waals surface area contributed by atoms with E-state index in [4.69, 9.17) is 18.0 Å². The van der Waals surface area contributed by atoms with Crippen molar-refractivity contribution in [3.8, 4) is 0 Å². The van der Waals surface area contributed by atoms with E-state index in [0.717, 1.165) is 18.1 Å². The Balaban J connectivity index is 2.28. The zero-order valence-corrected chi connectivity index (χ0v) is 11.0. The third-order valence-corrected chi connectivity index (χ3v) is 2.70. The SMILES string of the molecule is NC(=S)CCN(c1ccccc1)c1ncc(F)cn1. The van der Waals surface area contributed by atoms with Crippen LogP contribution in [0.4, 0.5) is 16.0 Å². The fourth-order valence-corrected chi connectivity index (χ4v) is 1.71. The molecule has 98 valence electrons. The molecule has 1 aromatic carbocycles. The van der Waals surface area contributed by atoms with Crippen LogP contribution in [0.3, 0.4) is 0 Å². The van der Waals surface area contributed by atoms with E-state index in [1.54, 1.807) is 0 Å². The van der Waals surface area contributed by atoms with Gasteiger partial charge in [0.15, 0.2) is 5.82 Å². The van der Waals surface area contributed by atoms with Gasteiger partial charge in [-0.3, -0.25) is 0 Å². The first-order valence-corrected chi connectivity index (χ1v) is 6.16. The second-order valence-corrected chi connectivity index (χ2v) is 4.43. The summed E-state index contributed by atoms with van der Waals surface area (Å²) in [6.07, 6.45) is 2.81. The fraction of sp³-hybridized carbons (Fsp3) is 0.154. The van der Waals surface area contributed by atoms with Gasteiger partial charge in [0.1, 0.15) is 0 Å². The van der Waals surface area contributed by atoms with Crippen molar-refractivity contribution in [2.24, 2.45) is 5.73 Å². The highest BCUT2D eigenvalue weighted by molar-refractivity contribution is 7.80.